The zero-order chi connectivity index (χ0) is 15.9. The number of alkyl halides is 1. The van der Waals surface area contributed by atoms with Gasteiger partial charge in [-0.3, -0.25) is 4.98 Å². The number of aromatic nitrogens is 1. The maximum absolute atomic E-state index is 13.0. The minimum atomic E-state index is -0.679. The van der Waals surface area contributed by atoms with Crippen LogP contribution in [0, 0.1) is 18.3 Å². The molecule has 0 saturated heterocycles. The molecule has 0 spiro atoms. The molecule has 1 unspecified atom stereocenters. The van der Waals surface area contributed by atoms with Gasteiger partial charge in [-0.2, -0.15) is 5.26 Å². The van der Waals surface area contributed by atoms with Gasteiger partial charge in [-0.1, -0.05) is 19.4 Å². The number of pyridine rings is 1. The fourth-order valence-electron chi connectivity index (χ4n) is 2.30. The largest absolute Gasteiger partial charge is 0.484 e. The van der Waals surface area contributed by atoms with Crippen molar-refractivity contribution in [3.05, 3.63) is 58.9 Å². The normalized spacial score (nSPS) is 11.7. The van der Waals surface area contributed by atoms with Gasteiger partial charge in [0.25, 0.3) is 0 Å². The number of nitriles is 1. The number of hydrogen-bond acceptors (Lipinski definition) is 3. The van der Waals surface area contributed by atoms with E-state index in [-0.39, 0.29) is 6.10 Å². The van der Waals surface area contributed by atoms with Crippen LogP contribution in [-0.2, 0) is 6.67 Å². The SMILES string of the molecule is CCCC(Oc1ccc(C#N)c(CF)c1)c1cccc(C)n1. The fraction of sp³-hybridized carbons (Fsp3) is 0.333. The van der Waals surface area contributed by atoms with Crippen LogP contribution in [0.25, 0.3) is 0 Å². The first-order chi connectivity index (χ1) is 10.7. The maximum Gasteiger partial charge on any atom is 0.140 e. The second kappa shape index (κ2) is 7.56. The average Bonchev–Trinajstić information content (AvgIpc) is 2.54. The van der Waals surface area contributed by atoms with Gasteiger partial charge in [0.1, 0.15) is 18.5 Å². The predicted octanol–water partition coefficient (Wildman–Crippen LogP) is 4.65. The molecule has 1 aromatic heterocycles. The lowest BCUT2D eigenvalue weighted by Crippen LogP contribution is -2.10. The van der Waals surface area contributed by atoms with E-state index in [0.29, 0.717) is 16.9 Å². The van der Waals surface area contributed by atoms with Gasteiger partial charge in [0.2, 0.25) is 0 Å². The van der Waals surface area contributed by atoms with Gasteiger partial charge < -0.3 is 4.74 Å². The summed E-state index contributed by atoms with van der Waals surface area (Å²) < 4.78 is 19.0. The van der Waals surface area contributed by atoms with Gasteiger partial charge in [-0.05, 0) is 43.7 Å². The Labute approximate surface area is 130 Å². The highest BCUT2D eigenvalue weighted by molar-refractivity contribution is 5.42. The van der Waals surface area contributed by atoms with Gasteiger partial charge in [0, 0.05) is 11.3 Å². The lowest BCUT2D eigenvalue weighted by atomic mass is 10.1. The lowest BCUT2D eigenvalue weighted by Gasteiger charge is -2.19. The molecule has 1 heterocycles. The molecule has 0 amide bonds. The van der Waals surface area contributed by atoms with Crippen LogP contribution >= 0.6 is 0 Å². The number of hydrogen-bond donors (Lipinski definition) is 0. The first-order valence-corrected chi connectivity index (χ1v) is 7.37. The van der Waals surface area contributed by atoms with Crippen molar-refractivity contribution in [1.29, 1.82) is 5.26 Å². The van der Waals surface area contributed by atoms with E-state index in [9.17, 15) is 4.39 Å². The molecule has 0 aliphatic heterocycles. The van der Waals surface area contributed by atoms with Crippen LogP contribution in [0.5, 0.6) is 5.75 Å². The monoisotopic (exact) mass is 298 g/mol. The Morgan fingerprint density at radius 3 is 2.77 bits per heavy atom. The van der Waals surface area contributed by atoms with Crippen molar-refractivity contribution in [3.63, 3.8) is 0 Å². The van der Waals surface area contributed by atoms with Gasteiger partial charge >= 0.3 is 0 Å². The van der Waals surface area contributed by atoms with E-state index in [1.54, 1.807) is 18.2 Å². The molecule has 0 radical (unpaired) electrons. The second-order valence-corrected chi connectivity index (χ2v) is 5.16. The van der Waals surface area contributed by atoms with Crippen molar-refractivity contribution >= 4 is 0 Å². The summed E-state index contributed by atoms with van der Waals surface area (Å²) in [6, 6.07) is 12.7. The number of nitrogens with zero attached hydrogens (tertiary/aromatic N) is 2. The van der Waals surface area contributed by atoms with E-state index >= 15 is 0 Å². The van der Waals surface area contributed by atoms with Crippen LogP contribution in [0.3, 0.4) is 0 Å². The molecular formula is C18H19FN2O. The third kappa shape index (κ3) is 3.82. The van der Waals surface area contributed by atoms with Crippen LogP contribution in [0.15, 0.2) is 36.4 Å². The van der Waals surface area contributed by atoms with E-state index in [4.69, 9.17) is 10.00 Å². The van der Waals surface area contributed by atoms with Crippen molar-refractivity contribution in [1.82, 2.24) is 4.98 Å². The summed E-state index contributed by atoms with van der Waals surface area (Å²) in [5.41, 5.74) is 2.50. The average molecular weight is 298 g/mol. The van der Waals surface area contributed by atoms with Gasteiger partial charge in [-0.15, -0.1) is 0 Å². The summed E-state index contributed by atoms with van der Waals surface area (Å²) in [7, 11) is 0. The predicted molar refractivity (Wildman–Crippen MR) is 83.2 cm³/mol. The summed E-state index contributed by atoms with van der Waals surface area (Å²) in [5, 5.41) is 8.95. The highest BCUT2D eigenvalue weighted by atomic mass is 19.1. The van der Waals surface area contributed by atoms with Crippen LogP contribution in [0.1, 0.15) is 48.4 Å². The number of aryl methyl sites for hydroxylation is 1. The molecule has 2 rings (SSSR count). The Morgan fingerprint density at radius 2 is 2.14 bits per heavy atom. The third-order valence-electron chi connectivity index (χ3n) is 3.41. The van der Waals surface area contributed by atoms with E-state index in [1.165, 1.54) is 0 Å². The Morgan fingerprint density at radius 1 is 1.32 bits per heavy atom. The highest BCUT2D eigenvalue weighted by Crippen LogP contribution is 2.27. The van der Waals surface area contributed by atoms with E-state index in [2.05, 4.69) is 11.9 Å². The molecule has 1 aromatic carbocycles. The highest BCUT2D eigenvalue weighted by Gasteiger charge is 2.15. The smallest absolute Gasteiger partial charge is 0.140 e. The summed E-state index contributed by atoms with van der Waals surface area (Å²) in [6.45, 7) is 3.34. The molecule has 114 valence electrons. The van der Waals surface area contributed by atoms with Crippen LogP contribution < -0.4 is 4.74 Å². The standard InChI is InChI=1S/C18H19FN2O/c1-3-5-18(17-7-4-6-13(2)21-17)22-16-9-8-14(12-20)15(10-16)11-19/h4,6-10,18H,3,5,11H2,1-2H3. The quantitative estimate of drug-likeness (QED) is 0.779. The Balaban J connectivity index is 2.26. The van der Waals surface area contributed by atoms with E-state index < -0.39 is 6.67 Å². The molecule has 0 N–H and O–H groups in total. The summed E-state index contributed by atoms with van der Waals surface area (Å²) >= 11 is 0. The van der Waals surface area contributed by atoms with Crippen molar-refractivity contribution in [2.45, 2.75) is 39.5 Å². The molecule has 0 aliphatic rings. The number of rotatable bonds is 6. The molecule has 1 atom stereocenters. The number of ether oxygens (including phenoxy) is 1. The number of benzene rings is 1. The minimum absolute atomic E-state index is 0.176. The molecule has 0 bridgehead atoms. The zero-order valence-electron chi connectivity index (χ0n) is 12.8. The first-order valence-electron chi connectivity index (χ1n) is 7.37. The van der Waals surface area contributed by atoms with Crippen molar-refractivity contribution < 1.29 is 9.13 Å². The fourth-order valence-corrected chi connectivity index (χ4v) is 2.30. The lowest BCUT2D eigenvalue weighted by molar-refractivity contribution is 0.188. The minimum Gasteiger partial charge on any atom is -0.484 e. The molecule has 3 nitrogen and oxygen atoms in total. The van der Waals surface area contributed by atoms with E-state index in [0.717, 1.165) is 24.2 Å². The van der Waals surface area contributed by atoms with Crippen molar-refractivity contribution in [2.24, 2.45) is 0 Å². The van der Waals surface area contributed by atoms with Gasteiger partial charge in [-0.25, -0.2) is 4.39 Å². The van der Waals surface area contributed by atoms with E-state index in [1.807, 2.05) is 31.2 Å². The van der Waals surface area contributed by atoms with Crippen LogP contribution in [0.4, 0.5) is 4.39 Å². The second-order valence-electron chi connectivity index (χ2n) is 5.16. The maximum atomic E-state index is 13.0. The molecule has 0 fully saturated rings. The zero-order valence-corrected chi connectivity index (χ0v) is 12.8. The van der Waals surface area contributed by atoms with Gasteiger partial charge in [0.15, 0.2) is 0 Å². The summed E-state index contributed by atoms with van der Waals surface area (Å²) in [4.78, 5) is 4.51. The Hall–Kier alpha value is -2.41. The topological polar surface area (TPSA) is 45.9 Å². The Bertz CT molecular complexity index is 679. The molecule has 0 saturated carbocycles. The van der Waals surface area contributed by atoms with Crippen molar-refractivity contribution in [3.8, 4) is 11.8 Å². The third-order valence-corrected chi connectivity index (χ3v) is 3.41. The van der Waals surface area contributed by atoms with Gasteiger partial charge in [0.05, 0.1) is 17.3 Å². The van der Waals surface area contributed by atoms with Crippen LogP contribution in [0.2, 0.25) is 0 Å². The Kier molecular flexibility index (Phi) is 5.48. The molecule has 0 aliphatic carbocycles. The molecular weight excluding hydrogens is 279 g/mol. The summed E-state index contributed by atoms with van der Waals surface area (Å²) in [6.07, 6.45) is 1.60. The molecule has 2 aromatic rings. The van der Waals surface area contributed by atoms with Crippen LogP contribution in [-0.4, -0.2) is 4.98 Å². The summed E-state index contributed by atoms with van der Waals surface area (Å²) in [5.74, 6) is 0.563. The molecule has 4 heteroatoms. The van der Waals surface area contributed by atoms with Crippen molar-refractivity contribution in [2.75, 3.05) is 0 Å². The molecule has 22 heavy (non-hydrogen) atoms. The first kappa shape index (κ1) is 16.0. The number of halogens is 1.